The molecular weight excluding hydrogens is 442 g/mol. The first kappa shape index (κ1) is 26.7. The number of hydrogen-bond donors (Lipinski definition) is 3. The maximum absolute atomic E-state index is 13.1. The summed E-state index contributed by atoms with van der Waals surface area (Å²) >= 11 is 0. The first-order valence-electron chi connectivity index (χ1n) is 11.2. The summed E-state index contributed by atoms with van der Waals surface area (Å²) in [6.45, 7) is 4.81. The van der Waals surface area contributed by atoms with Crippen molar-refractivity contribution in [2.24, 2.45) is 11.8 Å². The Labute approximate surface area is 198 Å². The number of carbonyl (C=O) groups is 6. The topological polar surface area (TPSA) is 150 Å². The highest BCUT2D eigenvalue weighted by Crippen LogP contribution is 2.32. The van der Waals surface area contributed by atoms with E-state index < -0.39 is 48.1 Å². The molecule has 10 nitrogen and oxygen atoms in total. The number of rotatable bonds is 12. The predicted octanol–water partition coefficient (Wildman–Crippen LogP) is 0.860. The molecule has 0 spiro atoms. The maximum Gasteiger partial charge on any atom is 0.305 e. The van der Waals surface area contributed by atoms with Crippen molar-refractivity contribution in [2.45, 2.75) is 58.5 Å². The van der Waals surface area contributed by atoms with Crippen LogP contribution in [0.2, 0.25) is 0 Å². The van der Waals surface area contributed by atoms with E-state index in [9.17, 15) is 28.8 Å². The zero-order valence-electron chi connectivity index (χ0n) is 19.6. The molecule has 34 heavy (non-hydrogen) atoms. The molecule has 4 atom stereocenters. The van der Waals surface area contributed by atoms with E-state index in [1.807, 2.05) is 13.8 Å². The van der Waals surface area contributed by atoms with Gasteiger partial charge in [-0.15, -0.1) is 0 Å². The van der Waals surface area contributed by atoms with Gasteiger partial charge in [-0.05, 0) is 24.5 Å². The van der Waals surface area contributed by atoms with Crippen LogP contribution < -0.4 is 15.5 Å². The molecule has 1 unspecified atom stereocenters. The summed E-state index contributed by atoms with van der Waals surface area (Å²) in [5, 5.41) is 13.9. The third kappa shape index (κ3) is 6.72. The van der Waals surface area contributed by atoms with Crippen LogP contribution in [0.3, 0.4) is 0 Å². The average molecular weight is 474 g/mol. The summed E-state index contributed by atoms with van der Waals surface area (Å²) in [5.41, 5.74) is 1.24. The van der Waals surface area contributed by atoms with E-state index in [0.717, 1.165) is 5.56 Å². The molecule has 1 aliphatic rings. The Kier molecular flexibility index (Phi) is 9.47. The van der Waals surface area contributed by atoms with Crippen LogP contribution in [0.4, 0.5) is 5.69 Å². The molecule has 1 heterocycles. The number of benzene rings is 1. The third-order valence-electron chi connectivity index (χ3n) is 6.02. The number of Topliss-reactive ketones (excluding diaryl/α,β-unsaturated/α-hetero) is 1. The number of nitrogens with zero attached hydrogens (tertiary/aromatic N) is 1. The zero-order chi connectivity index (χ0) is 25.4. The number of anilines is 1. The smallest absolute Gasteiger partial charge is 0.305 e. The molecule has 3 N–H and O–H groups in total. The van der Waals surface area contributed by atoms with Gasteiger partial charge in [0.25, 0.3) is 0 Å². The van der Waals surface area contributed by atoms with E-state index in [2.05, 4.69) is 10.6 Å². The molecule has 0 aliphatic carbocycles. The van der Waals surface area contributed by atoms with Crippen LogP contribution in [0.25, 0.3) is 0 Å². The number of carboxylic acids is 1. The van der Waals surface area contributed by atoms with Crippen molar-refractivity contribution in [1.82, 2.24) is 10.6 Å². The number of carboxylic acid groups (broad SMARTS) is 1. The van der Waals surface area contributed by atoms with Gasteiger partial charge in [0.05, 0.1) is 19.0 Å². The average Bonchev–Trinajstić information content (AvgIpc) is 3.19. The lowest BCUT2D eigenvalue weighted by molar-refractivity contribution is -0.139. The second-order valence-corrected chi connectivity index (χ2v) is 8.58. The van der Waals surface area contributed by atoms with Gasteiger partial charge in [-0.2, -0.15) is 0 Å². The minimum absolute atomic E-state index is 0.0560. The summed E-state index contributed by atoms with van der Waals surface area (Å²) in [5.74, 6) is -3.60. The number of ketones is 1. The SMILES string of the molecule is CC[C@H](C)[C@H](CC(C)=O)C(=O)NCC(=O)N1c2ccccc2C[C@H]1C(=O)NC(C=O)CC(=O)O. The fourth-order valence-electron chi connectivity index (χ4n) is 4.03. The Morgan fingerprint density at radius 3 is 2.44 bits per heavy atom. The van der Waals surface area contributed by atoms with Gasteiger partial charge in [-0.3, -0.25) is 24.1 Å². The molecule has 1 aromatic carbocycles. The predicted molar refractivity (Wildman–Crippen MR) is 123 cm³/mol. The molecule has 0 aromatic heterocycles. The minimum atomic E-state index is -1.25. The van der Waals surface area contributed by atoms with Crippen LogP contribution >= 0.6 is 0 Å². The van der Waals surface area contributed by atoms with Crippen molar-refractivity contribution in [3.8, 4) is 0 Å². The molecule has 0 radical (unpaired) electrons. The summed E-state index contributed by atoms with van der Waals surface area (Å²) in [4.78, 5) is 73.8. The summed E-state index contributed by atoms with van der Waals surface area (Å²) in [6.07, 6.45) is 0.704. The first-order valence-corrected chi connectivity index (χ1v) is 11.2. The van der Waals surface area contributed by atoms with Crippen LogP contribution in [0.5, 0.6) is 0 Å². The number of hydrogen-bond acceptors (Lipinski definition) is 6. The fraction of sp³-hybridized carbons (Fsp3) is 0.500. The van der Waals surface area contributed by atoms with Crippen LogP contribution in [0.15, 0.2) is 24.3 Å². The summed E-state index contributed by atoms with van der Waals surface area (Å²) < 4.78 is 0. The standard InChI is InChI=1S/C24H31N3O7/c1-4-14(2)18(9-15(3)29)23(33)25-12-21(30)27-19-8-6-5-7-16(19)10-20(27)24(34)26-17(13-28)11-22(31)32/h5-8,13-14,17-18,20H,4,9-12H2,1-3H3,(H,25,33)(H,26,34)(H,31,32)/t14-,17?,18-,20-/m0/s1. The minimum Gasteiger partial charge on any atom is -0.481 e. The van der Waals surface area contributed by atoms with E-state index in [0.29, 0.717) is 18.4 Å². The highest BCUT2D eigenvalue weighted by Gasteiger charge is 2.39. The van der Waals surface area contributed by atoms with Crippen LogP contribution in [0.1, 0.15) is 45.6 Å². The summed E-state index contributed by atoms with van der Waals surface area (Å²) in [6, 6.07) is 4.69. The van der Waals surface area contributed by atoms with Gasteiger partial charge in [0.2, 0.25) is 17.7 Å². The van der Waals surface area contributed by atoms with Gasteiger partial charge >= 0.3 is 5.97 Å². The number of carbonyl (C=O) groups excluding carboxylic acids is 5. The van der Waals surface area contributed by atoms with Crippen molar-refractivity contribution in [3.63, 3.8) is 0 Å². The van der Waals surface area contributed by atoms with Gasteiger partial charge in [-0.25, -0.2) is 0 Å². The number of para-hydroxylation sites is 1. The van der Waals surface area contributed by atoms with Gasteiger partial charge in [0.15, 0.2) is 0 Å². The monoisotopic (exact) mass is 473 g/mol. The molecule has 0 fully saturated rings. The maximum atomic E-state index is 13.1. The number of nitrogens with one attached hydrogen (secondary N) is 2. The summed E-state index contributed by atoms with van der Waals surface area (Å²) in [7, 11) is 0. The molecule has 10 heteroatoms. The lowest BCUT2D eigenvalue weighted by Crippen LogP contribution is -2.53. The van der Waals surface area contributed by atoms with Gasteiger partial charge < -0.3 is 25.3 Å². The van der Waals surface area contributed by atoms with Gasteiger partial charge in [0, 0.05) is 24.4 Å². The van der Waals surface area contributed by atoms with Crippen molar-refractivity contribution < 1.29 is 33.9 Å². The molecule has 0 saturated heterocycles. The molecule has 1 aromatic rings. The van der Waals surface area contributed by atoms with Crippen LogP contribution in [-0.4, -0.2) is 59.5 Å². The second kappa shape index (κ2) is 12.1. The van der Waals surface area contributed by atoms with Gasteiger partial charge in [0.1, 0.15) is 18.1 Å². The number of aldehydes is 1. The van der Waals surface area contributed by atoms with Crippen molar-refractivity contribution >= 4 is 41.4 Å². The molecule has 3 amide bonds. The molecule has 2 rings (SSSR count). The number of amides is 3. The highest BCUT2D eigenvalue weighted by atomic mass is 16.4. The lowest BCUT2D eigenvalue weighted by Gasteiger charge is -2.27. The molecule has 184 valence electrons. The van der Waals surface area contributed by atoms with Crippen LogP contribution in [-0.2, 0) is 35.2 Å². The molecule has 0 saturated carbocycles. The zero-order valence-corrected chi connectivity index (χ0v) is 19.6. The number of aliphatic carboxylic acids is 1. The van der Waals surface area contributed by atoms with E-state index in [4.69, 9.17) is 5.11 Å². The van der Waals surface area contributed by atoms with E-state index in [1.165, 1.54) is 11.8 Å². The van der Waals surface area contributed by atoms with E-state index >= 15 is 0 Å². The molecule has 0 bridgehead atoms. The van der Waals surface area contributed by atoms with Crippen molar-refractivity contribution in [1.29, 1.82) is 0 Å². The van der Waals surface area contributed by atoms with Crippen molar-refractivity contribution in [3.05, 3.63) is 29.8 Å². The van der Waals surface area contributed by atoms with Crippen LogP contribution in [0, 0.1) is 11.8 Å². The molecular formula is C24H31N3O7. The third-order valence-corrected chi connectivity index (χ3v) is 6.02. The Morgan fingerprint density at radius 2 is 1.85 bits per heavy atom. The van der Waals surface area contributed by atoms with Gasteiger partial charge in [-0.1, -0.05) is 38.5 Å². The van der Waals surface area contributed by atoms with Crippen molar-refractivity contribution in [2.75, 3.05) is 11.4 Å². The highest BCUT2D eigenvalue weighted by molar-refractivity contribution is 6.05. The van der Waals surface area contributed by atoms with E-state index in [1.54, 1.807) is 24.3 Å². The quantitative estimate of drug-likeness (QED) is 0.381. The fourth-order valence-corrected chi connectivity index (χ4v) is 4.03. The molecule has 1 aliphatic heterocycles. The van der Waals surface area contributed by atoms with E-state index in [-0.39, 0.29) is 31.1 Å². The Hall–Kier alpha value is -3.56. The lowest BCUT2D eigenvalue weighted by atomic mass is 9.87. The number of fused-ring (bicyclic) bond motifs is 1. The normalized spacial score (nSPS) is 17.1. The largest absolute Gasteiger partial charge is 0.481 e. The Bertz CT molecular complexity index is 962. The second-order valence-electron chi connectivity index (χ2n) is 8.58. The Balaban J connectivity index is 2.18. The first-order chi connectivity index (χ1) is 16.1. The Morgan fingerprint density at radius 1 is 1.18 bits per heavy atom.